The maximum absolute atomic E-state index is 12.9. The molecule has 1 amide bonds. The Kier molecular flexibility index (Phi) is 5.14. The van der Waals surface area contributed by atoms with Crippen LogP contribution in [0, 0.1) is 5.82 Å². The van der Waals surface area contributed by atoms with Crippen molar-refractivity contribution in [3.8, 4) is 11.4 Å². The van der Waals surface area contributed by atoms with Gasteiger partial charge in [0.15, 0.2) is 11.0 Å². The fourth-order valence-electron chi connectivity index (χ4n) is 2.24. The van der Waals surface area contributed by atoms with Crippen LogP contribution in [0.1, 0.15) is 6.92 Å². The number of carbonyl (C=O) groups excluding carboxylic acids is 1. The van der Waals surface area contributed by atoms with E-state index in [-0.39, 0.29) is 17.0 Å². The number of hydrogen-bond donors (Lipinski definition) is 1. The molecule has 3 aromatic rings. The van der Waals surface area contributed by atoms with Gasteiger partial charge in [-0.15, -0.1) is 10.2 Å². The minimum Gasteiger partial charge on any atom is -0.325 e. The molecule has 5 nitrogen and oxygen atoms in total. The molecule has 0 saturated heterocycles. The van der Waals surface area contributed by atoms with Crippen molar-refractivity contribution in [1.29, 1.82) is 0 Å². The Bertz CT molecular complexity index is 865. The molecule has 0 spiro atoms. The predicted molar refractivity (Wildman–Crippen MR) is 96.8 cm³/mol. The number of nitrogens with zero attached hydrogens (tertiary/aromatic N) is 3. The van der Waals surface area contributed by atoms with Gasteiger partial charge in [0.25, 0.3) is 0 Å². The van der Waals surface area contributed by atoms with Crippen molar-refractivity contribution in [3.63, 3.8) is 0 Å². The molecule has 0 unspecified atom stereocenters. The molecule has 3 rings (SSSR count). The van der Waals surface area contributed by atoms with Crippen LogP contribution in [0.4, 0.5) is 10.1 Å². The third-order valence-corrected chi connectivity index (χ3v) is 4.76. The fourth-order valence-corrected chi connectivity index (χ4v) is 3.06. The number of amides is 1. The van der Waals surface area contributed by atoms with Gasteiger partial charge in [-0.2, -0.15) is 0 Å². The van der Waals surface area contributed by atoms with Crippen LogP contribution in [0.3, 0.4) is 0 Å². The summed E-state index contributed by atoms with van der Waals surface area (Å²) in [6.07, 6.45) is 0. The Morgan fingerprint density at radius 2 is 1.80 bits per heavy atom. The molecule has 25 heavy (non-hydrogen) atoms. The Morgan fingerprint density at radius 1 is 1.12 bits per heavy atom. The van der Waals surface area contributed by atoms with Crippen LogP contribution < -0.4 is 5.32 Å². The average Bonchev–Trinajstić information content (AvgIpc) is 2.98. The van der Waals surface area contributed by atoms with Crippen molar-refractivity contribution in [2.24, 2.45) is 7.05 Å². The Balaban J connectivity index is 1.68. The van der Waals surface area contributed by atoms with Gasteiger partial charge in [0.1, 0.15) is 5.82 Å². The second kappa shape index (κ2) is 7.48. The number of carbonyl (C=O) groups is 1. The molecular formula is C18H17FN4OS. The molecule has 0 fully saturated rings. The summed E-state index contributed by atoms with van der Waals surface area (Å²) in [5, 5.41) is 11.4. The normalized spacial score (nSPS) is 12.0. The molecule has 0 aliphatic carbocycles. The smallest absolute Gasteiger partial charge is 0.237 e. The van der Waals surface area contributed by atoms with E-state index in [9.17, 15) is 9.18 Å². The van der Waals surface area contributed by atoms with Gasteiger partial charge in [0.05, 0.1) is 5.25 Å². The molecule has 7 heteroatoms. The number of nitrogens with one attached hydrogen (secondary N) is 1. The van der Waals surface area contributed by atoms with Crippen LogP contribution in [-0.2, 0) is 11.8 Å². The van der Waals surface area contributed by atoms with Gasteiger partial charge in [0, 0.05) is 18.3 Å². The number of hydrogen-bond acceptors (Lipinski definition) is 4. The first-order valence-corrected chi connectivity index (χ1v) is 8.60. The predicted octanol–water partition coefficient (Wildman–Crippen LogP) is 3.74. The largest absolute Gasteiger partial charge is 0.325 e. The molecule has 1 N–H and O–H groups in total. The number of benzene rings is 2. The highest BCUT2D eigenvalue weighted by Gasteiger charge is 2.19. The number of halogens is 1. The topological polar surface area (TPSA) is 59.8 Å². The van der Waals surface area contributed by atoms with E-state index >= 15 is 0 Å². The number of aromatic nitrogens is 3. The van der Waals surface area contributed by atoms with Gasteiger partial charge in [0.2, 0.25) is 5.91 Å². The zero-order valence-corrected chi connectivity index (χ0v) is 14.6. The van der Waals surface area contributed by atoms with Gasteiger partial charge in [-0.1, -0.05) is 42.1 Å². The molecule has 0 aliphatic rings. The average molecular weight is 356 g/mol. The maximum Gasteiger partial charge on any atom is 0.237 e. The second-order valence-electron chi connectivity index (χ2n) is 5.49. The van der Waals surface area contributed by atoms with Gasteiger partial charge in [-0.3, -0.25) is 4.79 Å². The van der Waals surface area contributed by atoms with E-state index in [0.717, 1.165) is 11.4 Å². The van der Waals surface area contributed by atoms with Gasteiger partial charge in [-0.25, -0.2) is 4.39 Å². The molecule has 0 saturated carbocycles. The van der Waals surface area contributed by atoms with Crippen molar-refractivity contribution in [3.05, 3.63) is 60.4 Å². The van der Waals surface area contributed by atoms with E-state index in [1.165, 1.54) is 36.0 Å². The summed E-state index contributed by atoms with van der Waals surface area (Å²) in [7, 11) is 1.87. The SMILES string of the molecule is C[C@@H](Sc1nnc(-c2ccccc2)n1C)C(=O)Nc1ccc(F)cc1. The van der Waals surface area contributed by atoms with Crippen molar-refractivity contribution < 1.29 is 9.18 Å². The fraction of sp³-hybridized carbons (Fsp3) is 0.167. The Labute approximate surface area is 149 Å². The van der Waals surface area contributed by atoms with Crippen LogP contribution in [0.5, 0.6) is 0 Å². The molecule has 2 aromatic carbocycles. The third kappa shape index (κ3) is 4.06. The van der Waals surface area contributed by atoms with E-state index < -0.39 is 0 Å². The highest BCUT2D eigenvalue weighted by molar-refractivity contribution is 8.00. The summed E-state index contributed by atoms with van der Waals surface area (Å²) >= 11 is 1.32. The molecule has 1 heterocycles. The Morgan fingerprint density at radius 3 is 2.48 bits per heavy atom. The lowest BCUT2D eigenvalue weighted by atomic mass is 10.2. The standard InChI is InChI=1S/C18H17FN4OS/c1-12(17(24)20-15-10-8-14(19)9-11-15)25-18-22-21-16(23(18)2)13-6-4-3-5-7-13/h3-12H,1-2H3,(H,20,24)/t12-/m1/s1. The number of rotatable bonds is 5. The van der Waals surface area contributed by atoms with Gasteiger partial charge in [-0.05, 0) is 31.2 Å². The van der Waals surface area contributed by atoms with Crippen molar-refractivity contribution in [2.45, 2.75) is 17.3 Å². The van der Waals surface area contributed by atoms with E-state index in [4.69, 9.17) is 0 Å². The van der Waals surface area contributed by atoms with E-state index in [0.29, 0.717) is 10.8 Å². The summed E-state index contributed by atoms with van der Waals surface area (Å²) in [6, 6.07) is 15.4. The first kappa shape index (κ1) is 17.2. The molecule has 1 aromatic heterocycles. The highest BCUT2D eigenvalue weighted by Crippen LogP contribution is 2.26. The van der Waals surface area contributed by atoms with E-state index in [1.54, 1.807) is 6.92 Å². The molecule has 0 aliphatic heterocycles. The minimum atomic E-state index is -0.378. The molecular weight excluding hydrogens is 339 g/mol. The Hall–Kier alpha value is -2.67. The van der Waals surface area contributed by atoms with Crippen molar-refractivity contribution in [1.82, 2.24) is 14.8 Å². The summed E-state index contributed by atoms with van der Waals surface area (Å²) in [6.45, 7) is 1.79. The number of anilines is 1. The minimum absolute atomic E-state index is 0.180. The summed E-state index contributed by atoms with van der Waals surface area (Å²) in [4.78, 5) is 12.3. The zero-order valence-electron chi connectivity index (χ0n) is 13.8. The quantitative estimate of drug-likeness (QED) is 0.708. The first-order chi connectivity index (χ1) is 12.0. The molecule has 1 atom stereocenters. The zero-order chi connectivity index (χ0) is 17.8. The molecule has 0 bridgehead atoms. The van der Waals surface area contributed by atoms with Crippen molar-refractivity contribution in [2.75, 3.05) is 5.32 Å². The van der Waals surface area contributed by atoms with Crippen LogP contribution in [-0.4, -0.2) is 25.9 Å². The van der Waals surface area contributed by atoms with Crippen LogP contribution in [0.15, 0.2) is 59.8 Å². The van der Waals surface area contributed by atoms with E-state index in [1.807, 2.05) is 41.9 Å². The number of thioether (sulfide) groups is 1. The first-order valence-electron chi connectivity index (χ1n) is 7.72. The summed E-state index contributed by atoms with van der Waals surface area (Å²) < 4.78 is 14.8. The lowest BCUT2D eigenvalue weighted by Crippen LogP contribution is -2.22. The molecule has 128 valence electrons. The lowest BCUT2D eigenvalue weighted by molar-refractivity contribution is -0.115. The second-order valence-corrected chi connectivity index (χ2v) is 6.80. The van der Waals surface area contributed by atoms with Gasteiger partial charge >= 0.3 is 0 Å². The van der Waals surface area contributed by atoms with Crippen LogP contribution in [0.25, 0.3) is 11.4 Å². The summed E-state index contributed by atoms with van der Waals surface area (Å²) in [5.74, 6) is 0.225. The monoisotopic (exact) mass is 356 g/mol. The third-order valence-electron chi connectivity index (χ3n) is 3.63. The summed E-state index contributed by atoms with van der Waals surface area (Å²) in [5.41, 5.74) is 1.52. The van der Waals surface area contributed by atoms with Gasteiger partial charge < -0.3 is 9.88 Å². The van der Waals surface area contributed by atoms with E-state index in [2.05, 4.69) is 15.5 Å². The van der Waals surface area contributed by atoms with Crippen LogP contribution in [0.2, 0.25) is 0 Å². The van der Waals surface area contributed by atoms with Crippen molar-refractivity contribution >= 4 is 23.4 Å². The highest BCUT2D eigenvalue weighted by atomic mass is 32.2. The maximum atomic E-state index is 12.9. The molecule has 0 radical (unpaired) electrons. The van der Waals surface area contributed by atoms with Crippen LogP contribution >= 0.6 is 11.8 Å². The lowest BCUT2D eigenvalue weighted by Gasteiger charge is -2.11.